The van der Waals surface area contributed by atoms with Crippen LogP contribution in [0.4, 0.5) is 0 Å². The third-order valence-electron chi connectivity index (χ3n) is 3.17. The fourth-order valence-electron chi connectivity index (χ4n) is 1.90. The van der Waals surface area contributed by atoms with Gasteiger partial charge in [-0.2, -0.15) is 0 Å². The van der Waals surface area contributed by atoms with Crippen LogP contribution in [0.3, 0.4) is 0 Å². The third-order valence-corrected chi connectivity index (χ3v) is 3.17. The van der Waals surface area contributed by atoms with Crippen LogP contribution >= 0.6 is 0 Å². The van der Waals surface area contributed by atoms with Crippen molar-refractivity contribution in [2.24, 2.45) is 5.92 Å². The average molecular weight is 194 g/mol. The van der Waals surface area contributed by atoms with Crippen molar-refractivity contribution in [1.82, 2.24) is 0 Å². The van der Waals surface area contributed by atoms with Crippen LogP contribution in [0.25, 0.3) is 6.08 Å². The molecule has 15 heavy (non-hydrogen) atoms. The van der Waals surface area contributed by atoms with E-state index in [1.54, 1.807) is 0 Å². The molecule has 0 saturated heterocycles. The Hall–Kier alpha value is -0.443. The quantitative estimate of drug-likeness (QED) is 0.622. The normalized spacial score (nSPS) is 14.7. The predicted octanol–water partition coefficient (Wildman–Crippen LogP) is 3.98. The van der Waals surface area contributed by atoms with Gasteiger partial charge < -0.3 is 0 Å². The van der Waals surface area contributed by atoms with Crippen molar-refractivity contribution in [1.29, 1.82) is 0 Å². The first-order chi connectivity index (χ1) is 7.17. The Balaban J connectivity index is 2.72. The summed E-state index contributed by atoms with van der Waals surface area (Å²) in [7, 11) is 0. The molecule has 1 heteroatoms. The van der Waals surface area contributed by atoms with Gasteiger partial charge in [0.25, 0.3) is 0 Å². The molecule has 1 aromatic carbocycles. The Morgan fingerprint density at radius 3 is 2.80 bits per heavy atom. The first-order valence-electron chi connectivity index (χ1n) is 5.89. The van der Waals surface area contributed by atoms with Gasteiger partial charge in [-0.25, -0.2) is 0 Å². The number of benzene rings is 1. The van der Waals surface area contributed by atoms with Crippen molar-refractivity contribution in [2.45, 2.75) is 31.3 Å². The fraction of sp³-hybridized carbons (Fsp3) is 0.429. The Labute approximate surface area is 103 Å². The summed E-state index contributed by atoms with van der Waals surface area (Å²) in [5, 5.41) is 0. The van der Waals surface area contributed by atoms with Gasteiger partial charge >= 0.3 is 103 Å². The van der Waals surface area contributed by atoms with E-state index in [1.165, 1.54) is 24.0 Å². The zero-order chi connectivity index (χ0) is 11.3. The zero-order valence-electron chi connectivity index (χ0n) is 10.2. The Morgan fingerprint density at radius 2 is 2.20 bits per heavy atom. The van der Waals surface area contributed by atoms with Crippen LogP contribution in [0.2, 0.25) is 0 Å². The van der Waals surface area contributed by atoms with Gasteiger partial charge in [-0.1, -0.05) is 0 Å². The molecule has 76 valence electrons. The molecule has 2 atom stereocenters. The number of hydrogen-bond acceptors (Lipinski definition) is 0. The topological polar surface area (TPSA) is 0 Å². The summed E-state index contributed by atoms with van der Waals surface area (Å²) < 4.78 is 0.653. The minimum absolute atomic E-state index is 0.653. The summed E-state index contributed by atoms with van der Waals surface area (Å²) in [5.74, 6) is 0.812. The minimum atomic E-state index is 0.653. The Bertz CT molecular complexity index is 317. The molecule has 2 unspecified atom stereocenters. The van der Waals surface area contributed by atoms with E-state index in [0.29, 0.717) is 4.59 Å². The van der Waals surface area contributed by atoms with E-state index in [2.05, 4.69) is 62.4 Å². The molecule has 0 aliphatic heterocycles. The molecule has 0 amide bonds. The monoisotopic (exact) mass is 194 g/mol. The molecule has 0 aliphatic carbocycles. The van der Waals surface area contributed by atoms with Crippen molar-refractivity contribution < 1.29 is 0 Å². The molecule has 1 rings (SSSR count). The summed E-state index contributed by atoms with van der Waals surface area (Å²) in [6.07, 6.45) is 4.46. The molecular weight excluding hydrogens is 175 g/mol. The fourth-order valence-corrected chi connectivity index (χ4v) is 1.90. The molecule has 0 spiro atoms. The van der Waals surface area contributed by atoms with E-state index in [0.717, 1.165) is 5.92 Å². The van der Waals surface area contributed by atoms with E-state index in [9.17, 15) is 0 Å². The van der Waals surface area contributed by atoms with Gasteiger partial charge in [0.2, 0.25) is 0 Å². The van der Waals surface area contributed by atoms with E-state index >= 15 is 0 Å². The van der Waals surface area contributed by atoms with E-state index in [1.807, 2.05) is 6.08 Å². The van der Waals surface area contributed by atoms with E-state index < -0.39 is 0 Å². The van der Waals surface area contributed by atoms with Crippen LogP contribution in [0.15, 0.2) is 30.8 Å². The SMILES string of the molecule is [Li][CH](CC(C)CC)c1cccc(C=C)c1. The number of hydrogen-bond donors (Lipinski definition) is 0. The van der Waals surface area contributed by atoms with Crippen LogP contribution in [0.5, 0.6) is 0 Å². The van der Waals surface area contributed by atoms with Gasteiger partial charge in [-0.3, -0.25) is 0 Å². The molecule has 1 aromatic rings. The molecule has 0 aliphatic rings. The summed E-state index contributed by atoms with van der Waals surface area (Å²) in [6, 6.07) is 8.70. The van der Waals surface area contributed by atoms with Gasteiger partial charge in [-0.15, -0.1) is 0 Å². The summed E-state index contributed by atoms with van der Waals surface area (Å²) in [4.78, 5) is 0. The molecule has 0 aromatic heterocycles. The Morgan fingerprint density at radius 1 is 1.47 bits per heavy atom. The molecule has 0 nitrogen and oxygen atoms in total. The van der Waals surface area contributed by atoms with Gasteiger partial charge in [0, 0.05) is 0 Å². The molecule has 0 fully saturated rings. The first-order valence-corrected chi connectivity index (χ1v) is 5.89. The van der Waals surface area contributed by atoms with Crippen LogP contribution in [-0.4, -0.2) is 17.7 Å². The summed E-state index contributed by atoms with van der Waals surface area (Å²) >= 11 is 2.31. The molecule has 0 bridgehead atoms. The van der Waals surface area contributed by atoms with Crippen LogP contribution in [0, 0.1) is 5.92 Å². The van der Waals surface area contributed by atoms with E-state index in [-0.39, 0.29) is 0 Å². The van der Waals surface area contributed by atoms with Crippen LogP contribution in [0.1, 0.15) is 42.4 Å². The second-order valence-corrected chi connectivity index (χ2v) is 4.52. The van der Waals surface area contributed by atoms with Crippen LogP contribution in [-0.2, 0) is 0 Å². The van der Waals surface area contributed by atoms with Crippen molar-refractivity contribution in [3.63, 3.8) is 0 Å². The second-order valence-electron chi connectivity index (χ2n) is 4.52. The van der Waals surface area contributed by atoms with Crippen molar-refractivity contribution >= 4 is 23.8 Å². The number of rotatable bonds is 5. The van der Waals surface area contributed by atoms with Gasteiger partial charge in [0.1, 0.15) is 0 Å². The molecule has 0 heterocycles. The zero-order valence-corrected chi connectivity index (χ0v) is 10.2. The molecule has 0 saturated carbocycles. The predicted molar refractivity (Wildman–Crippen MR) is 69.1 cm³/mol. The first kappa shape index (κ1) is 12.6. The van der Waals surface area contributed by atoms with Crippen molar-refractivity contribution in [3.8, 4) is 0 Å². The van der Waals surface area contributed by atoms with Crippen LogP contribution < -0.4 is 0 Å². The third kappa shape index (κ3) is 3.90. The Kier molecular flexibility index (Phi) is 5.23. The van der Waals surface area contributed by atoms with Gasteiger partial charge in [-0.05, 0) is 0 Å². The van der Waals surface area contributed by atoms with Crippen molar-refractivity contribution in [2.75, 3.05) is 0 Å². The summed E-state index contributed by atoms with van der Waals surface area (Å²) in [5.41, 5.74) is 2.66. The van der Waals surface area contributed by atoms with Gasteiger partial charge in [0.15, 0.2) is 0 Å². The molecule has 0 N–H and O–H groups in total. The van der Waals surface area contributed by atoms with Crippen molar-refractivity contribution in [3.05, 3.63) is 42.0 Å². The maximum atomic E-state index is 3.81. The van der Waals surface area contributed by atoms with Gasteiger partial charge in [0.05, 0.1) is 0 Å². The average Bonchev–Trinajstić information content (AvgIpc) is 2.28. The summed E-state index contributed by atoms with van der Waals surface area (Å²) in [6.45, 7) is 8.40. The standard InChI is InChI=1S/C14H19.Li/c1-4-12(3)9-10-14-8-6-7-13(5-2)11-14;/h5-8,10-12H,2,4,9H2,1,3H3;. The molecule has 0 radical (unpaired) electrons. The molecular formula is C14H19Li. The second kappa shape index (κ2) is 6.21. The maximum absolute atomic E-state index is 3.81. The van der Waals surface area contributed by atoms with E-state index in [4.69, 9.17) is 0 Å².